The summed E-state index contributed by atoms with van der Waals surface area (Å²) in [5, 5.41) is 0.722. The number of likely N-dealkylation sites (tertiary alicyclic amines) is 1. The van der Waals surface area contributed by atoms with E-state index in [-0.39, 0.29) is 11.9 Å². The first-order valence-electron chi connectivity index (χ1n) is 9.60. The Morgan fingerprint density at radius 2 is 1.89 bits per heavy atom. The summed E-state index contributed by atoms with van der Waals surface area (Å²) < 4.78 is 12.3. The smallest absolute Gasteiger partial charge is 0.309 e. The van der Waals surface area contributed by atoms with Gasteiger partial charge in [0.05, 0.1) is 12.5 Å². The maximum atomic E-state index is 11.9. The fourth-order valence-corrected chi connectivity index (χ4v) is 3.92. The number of ether oxygens (including phenoxy) is 2. The van der Waals surface area contributed by atoms with Gasteiger partial charge in [0.1, 0.15) is 12.4 Å². The molecular weight excluding hydrogens is 442 g/mol. The molecule has 0 bridgehead atoms. The van der Waals surface area contributed by atoms with Crippen LogP contribution in [-0.4, -0.2) is 30.6 Å². The van der Waals surface area contributed by atoms with Gasteiger partial charge in [-0.05, 0) is 68.8 Å². The van der Waals surface area contributed by atoms with Crippen LogP contribution in [0.25, 0.3) is 0 Å². The summed E-state index contributed by atoms with van der Waals surface area (Å²) in [6, 6.07) is 13.8. The second-order valence-electron chi connectivity index (χ2n) is 6.97. The van der Waals surface area contributed by atoms with Crippen LogP contribution in [0, 0.1) is 5.92 Å². The molecule has 1 aliphatic rings. The highest BCUT2D eigenvalue weighted by Gasteiger charge is 2.26. The number of nitrogens with zero attached hydrogens (tertiary/aromatic N) is 1. The van der Waals surface area contributed by atoms with E-state index in [2.05, 4.69) is 26.9 Å². The van der Waals surface area contributed by atoms with Gasteiger partial charge >= 0.3 is 5.97 Å². The average molecular weight is 467 g/mol. The van der Waals surface area contributed by atoms with Gasteiger partial charge in [0.2, 0.25) is 0 Å². The van der Waals surface area contributed by atoms with Gasteiger partial charge in [-0.2, -0.15) is 0 Å². The number of piperidine rings is 1. The van der Waals surface area contributed by atoms with Crippen molar-refractivity contribution in [3.63, 3.8) is 0 Å². The number of halogens is 2. The Morgan fingerprint density at radius 3 is 2.57 bits per heavy atom. The lowest BCUT2D eigenvalue weighted by atomic mass is 9.96. The first-order valence-corrected chi connectivity index (χ1v) is 10.8. The molecule has 0 spiro atoms. The van der Waals surface area contributed by atoms with Gasteiger partial charge in [-0.1, -0.05) is 39.7 Å². The van der Waals surface area contributed by atoms with Gasteiger partial charge in [-0.15, -0.1) is 0 Å². The van der Waals surface area contributed by atoms with E-state index in [9.17, 15) is 4.79 Å². The zero-order chi connectivity index (χ0) is 19.9. The highest BCUT2D eigenvalue weighted by molar-refractivity contribution is 9.10. The van der Waals surface area contributed by atoms with Crippen molar-refractivity contribution in [1.29, 1.82) is 0 Å². The third-order valence-corrected chi connectivity index (χ3v) is 5.68. The van der Waals surface area contributed by atoms with Gasteiger partial charge < -0.3 is 9.47 Å². The predicted molar refractivity (Wildman–Crippen MR) is 115 cm³/mol. The van der Waals surface area contributed by atoms with E-state index in [4.69, 9.17) is 21.1 Å². The maximum Gasteiger partial charge on any atom is 0.309 e. The Labute approximate surface area is 179 Å². The molecule has 2 aromatic rings. The molecule has 0 atom stereocenters. The van der Waals surface area contributed by atoms with Crippen LogP contribution in [-0.2, 0) is 22.7 Å². The van der Waals surface area contributed by atoms with Crippen molar-refractivity contribution in [2.45, 2.75) is 32.9 Å². The van der Waals surface area contributed by atoms with Crippen molar-refractivity contribution >= 4 is 33.5 Å². The molecule has 1 heterocycles. The Hall–Kier alpha value is -1.56. The van der Waals surface area contributed by atoms with Gasteiger partial charge in [0.25, 0.3) is 0 Å². The normalized spacial score (nSPS) is 15.4. The van der Waals surface area contributed by atoms with Crippen LogP contribution in [0.3, 0.4) is 0 Å². The maximum absolute atomic E-state index is 11.9. The van der Waals surface area contributed by atoms with Crippen molar-refractivity contribution in [1.82, 2.24) is 4.90 Å². The SMILES string of the molecule is CCOC(=O)C1CCN(Cc2cc(Br)ccc2OCc2ccc(Cl)cc2)CC1. The molecule has 150 valence electrons. The Kier molecular flexibility index (Phi) is 7.77. The number of carbonyl (C=O) groups is 1. The first-order chi connectivity index (χ1) is 13.5. The van der Waals surface area contributed by atoms with Crippen LogP contribution in [0.5, 0.6) is 5.75 Å². The lowest BCUT2D eigenvalue weighted by Gasteiger charge is -2.31. The number of rotatable bonds is 7. The van der Waals surface area contributed by atoms with Crippen LogP contribution >= 0.6 is 27.5 Å². The molecule has 0 aliphatic carbocycles. The van der Waals surface area contributed by atoms with Gasteiger partial charge in [0, 0.05) is 21.6 Å². The first kappa shape index (κ1) is 21.2. The summed E-state index contributed by atoms with van der Waals surface area (Å²) in [6.07, 6.45) is 1.68. The molecular formula is C22H25BrClNO3. The lowest BCUT2D eigenvalue weighted by Crippen LogP contribution is -2.36. The molecule has 1 fully saturated rings. The van der Waals surface area contributed by atoms with Crippen molar-refractivity contribution in [3.8, 4) is 5.75 Å². The standard InChI is InChI=1S/C22H25BrClNO3/c1-2-27-22(26)17-9-11-25(12-10-17)14-18-13-19(23)5-8-21(18)28-15-16-3-6-20(24)7-4-16/h3-8,13,17H,2,9-12,14-15H2,1H3. The number of hydrogen-bond donors (Lipinski definition) is 0. The van der Waals surface area contributed by atoms with Crippen LogP contribution < -0.4 is 4.74 Å². The molecule has 4 nitrogen and oxygen atoms in total. The predicted octanol–water partition coefficient (Wildman–Crippen LogP) is 5.46. The fourth-order valence-electron chi connectivity index (χ4n) is 3.38. The van der Waals surface area contributed by atoms with E-state index < -0.39 is 0 Å². The summed E-state index contributed by atoms with van der Waals surface area (Å²) >= 11 is 9.51. The van der Waals surface area contributed by atoms with Crippen molar-refractivity contribution in [3.05, 3.63) is 63.1 Å². The summed E-state index contributed by atoms with van der Waals surface area (Å²) in [7, 11) is 0. The average Bonchev–Trinajstić information content (AvgIpc) is 2.69. The topological polar surface area (TPSA) is 38.8 Å². The second-order valence-corrected chi connectivity index (χ2v) is 8.32. The lowest BCUT2D eigenvalue weighted by molar-refractivity contribution is -0.149. The Bertz CT molecular complexity index is 789. The third kappa shape index (κ3) is 5.97. The summed E-state index contributed by atoms with van der Waals surface area (Å²) in [5.41, 5.74) is 2.21. The van der Waals surface area contributed by atoms with Crippen LogP contribution in [0.15, 0.2) is 46.9 Å². The molecule has 1 saturated heterocycles. The minimum Gasteiger partial charge on any atom is -0.489 e. The molecule has 0 aromatic heterocycles. The number of carbonyl (C=O) groups excluding carboxylic acids is 1. The Morgan fingerprint density at radius 1 is 1.18 bits per heavy atom. The summed E-state index contributed by atoms with van der Waals surface area (Å²) in [5.74, 6) is 0.849. The number of benzene rings is 2. The molecule has 0 N–H and O–H groups in total. The molecule has 3 rings (SSSR count). The molecule has 0 unspecified atom stereocenters. The molecule has 0 radical (unpaired) electrons. The van der Waals surface area contributed by atoms with E-state index in [0.717, 1.165) is 58.8 Å². The van der Waals surface area contributed by atoms with Gasteiger partial charge in [-0.25, -0.2) is 0 Å². The largest absolute Gasteiger partial charge is 0.489 e. The van der Waals surface area contributed by atoms with E-state index in [1.54, 1.807) is 0 Å². The minimum absolute atomic E-state index is 0.0272. The summed E-state index contributed by atoms with van der Waals surface area (Å²) in [4.78, 5) is 14.3. The second kappa shape index (κ2) is 10.3. The zero-order valence-corrected chi connectivity index (χ0v) is 18.3. The van der Waals surface area contributed by atoms with Gasteiger partial charge in [-0.3, -0.25) is 9.69 Å². The van der Waals surface area contributed by atoms with Gasteiger partial charge in [0.15, 0.2) is 0 Å². The van der Waals surface area contributed by atoms with Crippen LogP contribution in [0.2, 0.25) is 5.02 Å². The molecule has 0 amide bonds. The molecule has 0 saturated carbocycles. The zero-order valence-electron chi connectivity index (χ0n) is 16.0. The number of hydrogen-bond acceptors (Lipinski definition) is 4. The van der Waals surface area contributed by atoms with E-state index in [1.807, 2.05) is 43.3 Å². The highest BCUT2D eigenvalue weighted by atomic mass is 79.9. The molecule has 2 aromatic carbocycles. The molecule has 6 heteroatoms. The van der Waals surface area contributed by atoms with Crippen LogP contribution in [0.1, 0.15) is 30.9 Å². The molecule has 1 aliphatic heterocycles. The third-order valence-electron chi connectivity index (χ3n) is 4.93. The monoisotopic (exact) mass is 465 g/mol. The fraction of sp³-hybridized carbons (Fsp3) is 0.409. The Balaban J connectivity index is 1.60. The highest BCUT2D eigenvalue weighted by Crippen LogP contribution is 2.28. The van der Waals surface area contributed by atoms with Crippen molar-refractivity contribution in [2.24, 2.45) is 5.92 Å². The van der Waals surface area contributed by atoms with Crippen LogP contribution in [0.4, 0.5) is 0 Å². The quantitative estimate of drug-likeness (QED) is 0.508. The van der Waals surface area contributed by atoms with E-state index in [0.29, 0.717) is 13.2 Å². The van der Waals surface area contributed by atoms with E-state index >= 15 is 0 Å². The van der Waals surface area contributed by atoms with Crippen molar-refractivity contribution < 1.29 is 14.3 Å². The van der Waals surface area contributed by atoms with E-state index in [1.165, 1.54) is 0 Å². The molecule has 28 heavy (non-hydrogen) atoms. The van der Waals surface area contributed by atoms with Crippen molar-refractivity contribution in [2.75, 3.05) is 19.7 Å². The summed E-state index contributed by atoms with van der Waals surface area (Å²) in [6.45, 7) is 5.36. The minimum atomic E-state index is -0.0587. The number of esters is 1.